The van der Waals surface area contributed by atoms with Crippen LogP contribution >= 0.6 is 0 Å². The molecular weight excluding hydrogens is 354 g/mol. The molecule has 1 aliphatic rings. The van der Waals surface area contributed by atoms with Crippen molar-refractivity contribution in [2.24, 2.45) is 0 Å². The largest absolute Gasteiger partial charge is 0.467 e. The number of benzene rings is 1. The fourth-order valence-electron chi connectivity index (χ4n) is 2.69. The molecular formula is C18H21N3O6. The molecule has 1 saturated heterocycles. The van der Waals surface area contributed by atoms with Gasteiger partial charge in [-0.25, -0.2) is 14.5 Å². The minimum Gasteiger partial charge on any atom is -0.467 e. The first kappa shape index (κ1) is 20.1. The van der Waals surface area contributed by atoms with E-state index in [2.05, 4.69) is 5.32 Å². The standard InChI is InChI=1S/C18H21N3O6/c1-11(2)21-16(24)15(23)20(18(21)26)10-14(22)19-13(17(25)27-3)9-12-7-5-4-6-8-12/h4-8,11,13H,9-10H2,1-3H3,(H,19,22). The molecule has 1 N–H and O–H groups in total. The molecule has 0 bridgehead atoms. The van der Waals surface area contributed by atoms with Crippen LogP contribution in [0.5, 0.6) is 0 Å². The molecule has 0 aliphatic carbocycles. The van der Waals surface area contributed by atoms with Crippen molar-refractivity contribution in [1.82, 2.24) is 15.1 Å². The van der Waals surface area contributed by atoms with Gasteiger partial charge in [0.25, 0.3) is 0 Å². The van der Waals surface area contributed by atoms with Crippen LogP contribution in [0.3, 0.4) is 0 Å². The minimum atomic E-state index is -1.07. The van der Waals surface area contributed by atoms with Gasteiger partial charge in [-0.1, -0.05) is 30.3 Å². The number of esters is 1. The second-order valence-corrected chi connectivity index (χ2v) is 6.28. The molecule has 5 amide bonds. The molecule has 1 aromatic rings. The van der Waals surface area contributed by atoms with Gasteiger partial charge in [0.2, 0.25) is 5.91 Å². The number of nitrogens with zero attached hydrogens (tertiary/aromatic N) is 2. The van der Waals surface area contributed by atoms with Gasteiger partial charge in [0.1, 0.15) is 12.6 Å². The molecule has 9 heteroatoms. The highest BCUT2D eigenvalue weighted by molar-refractivity contribution is 6.45. The Morgan fingerprint density at radius 1 is 1.07 bits per heavy atom. The van der Waals surface area contributed by atoms with E-state index >= 15 is 0 Å². The number of hydrogen-bond acceptors (Lipinski definition) is 6. The number of hydrogen-bond donors (Lipinski definition) is 1. The SMILES string of the molecule is COC(=O)C(Cc1ccccc1)NC(=O)CN1C(=O)C(=O)N(C(C)C)C1=O. The van der Waals surface area contributed by atoms with Gasteiger partial charge in [-0.2, -0.15) is 0 Å². The smallest absolute Gasteiger partial charge is 0.334 e. The summed E-state index contributed by atoms with van der Waals surface area (Å²) in [7, 11) is 1.19. The third-order valence-electron chi connectivity index (χ3n) is 4.01. The molecule has 1 aromatic carbocycles. The summed E-state index contributed by atoms with van der Waals surface area (Å²) in [4.78, 5) is 61.7. The Bertz CT molecular complexity index is 762. The summed E-state index contributed by atoms with van der Waals surface area (Å²) < 4.78 is 4.70. The van der Waals surface area contributed by atoms with Crippen LogP contribution in [0.2, 0.25) is 0 Å². The van der Waals surface area contributed by atoms with E-state index in [0.29, 0.717) is 4.90 Å². The molecule has 0 spiro atoms. The van der Waals surface area contributed by atoms with Gasteiger partial charge in [-0.3, -0.25) is 19.3 Å². The number of amides is 5. The molecule has 0 aromatic heterocycles. The zero-order valence-corrected chi connectivity index (χ0v) is 15.3. The van der Waals surface area contributed by atoms with E-state index in [4.69, 9.17) is 4.74 Å². The molecule has 144 valence electrons. The zero-order chi connectivity index (χ0) is 20.1. The van der Waals surface area contributed by atoms with Crippen LogP contribution in [0.15, 0.2) is 30.3 Å². The summed E-state index contributed by atoms with van der Waals surface area (Å²) in [6.45, 7) is 2.51. The summed E-state index contributed by atoms with van der Waals surface area (Å²) in [5, 5.41) is 2.45. The van der Waals surface area contributed by atoms with Gasteiger partial charge in [-0.15, -0.1) is 0 Å². The van der Waals surface area contributed by atoms with Gasteiger partial charge in [0, 0.05) is 12.5 Å². The summed E-state index contributed by atoms with van der Waals surface area (Å²) in [6.07, 6.45) is 0.179. The highest BCUT2D eigenvalue weighted by Crippen LogP contribution is 2.15. The first-order valence-electron chi connectivity index (χ1n) is 8.36. The highest BCUT2D eigenvalue weighted by Gasteiger charge is 2.46. The second-order valence-electron chi connectivity index (χ2n) is 6.28. The third-order valence-corrected chi connectivity index (χ3v) is 4.01. The molecule has 1 unspecified atom stereocenters. The molecule has 1 atom stereocenters. The quantitative estimate of drug-likeness (QED) is 0.410. The summed E-state index contributed by atoms with van der Waals surface area (Å²) in [5.74, 6) is -3.45. The number of imide groups is 2. The number of carbonyl (C=O) groups excluding carboxylic acids is 5. The predicted octanol–water partition coefficient (Wildman–Crippen LogP) is 0.0861. The molecule has 9 nitrogen and oxygen atoms in total. The lowest BCUT2D eigenvalue weighted by atomic mass is 10.1. The lowest BCUT2D eigenvalue weighted by molar-refractivity contribution is -0.146. The fraction of sp³-hybridized carbons (Fsp3) is 0.389. The number of rotatable bonds is 7. The van der Waals surface area contributed by atoms with Crippen LogP contribution in [-0.2, 0) is 30.3 Å². The van der Waals surface area contributed by atoms with Crippen molar-refractivity contribution >= 4 is 29.7 Å². The average molecular weight is 375 g/mol. The summed E-state index contributed by atoms with van der Waals surface area (Å²) >= 11 is 0. The van der Waals surface area contributed by atoms with Gasteiger partial charge in [-0.05, 0) is 19.4 Å². The average Bonchev–Trinajstić information content (AvgIpc) is 2.84. The van der Waals surface area contributed by atoms with Crippen LogP contribution in [-0.4, -0.2) is 65.3 Å². The fourth-order valence-corrected chi connectivity index (χ4v) is 2.69. The van der Waals surface area contributed by atoms with Crippen LogP contribution in [0.1, 0.15) is 19.4 Å². The topological polar surface area (TPSA) is 113 Å². The van der Waals surface area contributed by atoms with Crippen LogP contribution < -0.4 is 5.32 Å². The molecule has 0 saturated carbocycles. The summed E-state index contributed by atoms with van der Waals surface area (Å²) in [5.41, 5.74) is 0.794. The van der Waals surface area contributed by atoms with E-state index in [9.17, 15) is 24.0 Å². The highest BCUT2D eigenvalue weighted by atomic mass is 16.5. The van der Waals surface area contributed by atoms with Gasteiger partial charge in [0.15, 0.2) is 0 Å². The van der Waals surface area contributed by atoms with E-state index in [0.717, 1.165) is 10.5 Å². The number of ether oxygens (including phenoxy) is 1. The lowest BCUT2D eigenvalue weighted by Crippen LogP contribution is -2.48. The van der Waals surface area contributed by atoms with Crippen molar-refractivity contribution in [3.05, 3.63) is 35.9 Å². The molecule has 1 fully saturated rings. The predicted molar refractivity (Wildman–Crippen MR) is 93.2 cm³/mol. The Balaban J connectivity index is 2.07. The Kier molecular flexibility index (Phi) is 6.27. The first-order valence-corrected chi connectivity index (χ1v) is 8.36. The van der Waals surface area contributed by atoms with Crippen molar-refractivity contribution < 1.29 is 28.7 Å². The maximum Gasteiger partial charge on any atom is 0.334 e. The number of urea groups is 1. The van der Waals surface area contributed by atoms with Gasteiger partial charge >= 0.3 is 23.8 Å². The van der Waals surface area contributed by atoms with Crippen LogP contribution in [0.25, 0.3) is 0 Å². The minimum absolute atomic E-state index is 0.179. The van der Waals surface area contributed by atoms with Crippen molar-refractivity contribution in [3.63, 3.8) is 0 Å². The maximum absolute atomic E-state index is 12.3. The number of carbonyl (C=O) groups is 5. The van der Waals surface area contributed by atoms with E-state index in [-0.39, 0.29) is 6.42 Å². The van der Waals surface area contributed by atoms with Gasteiger partial charge < -0.3 is 10.1 Å². The molecule has 2 rings (SSSR count). The number of methoxy groups -OCH3 is 1. The van der Waals surface area contributed by atoms with Gasteiger partial charge in [0.05, 0.1) is 7.11 Å². The van der Waals surface area contributed by atoms with E-state index in [1.165, 1.54) is 7.11 Å². The lowest BCUT2D eigenvalue weighted by Gasteiger charge is -2.20. The first-order chi connectivity index (χ1) is 12.8. The zero-order valence-electron chi connectivity index (χ0n) is 15.3. The van der Waals surface area contributed by atoms with Crippen LogP contribution in [0, 0.1) is 0 Å². The normalized spacial score (nSPS) is 15.3. The Morgan fingerprint density at radius 2 is 1.70 bits per heavy atom. The van der Waals surface area contributed by atoms with Crippen molar-refractivity contribution in [1.29, 1.82) is 0 Å². The maximum atomic E-state index is 12.3. The molecule has 0 radical (unpaired) electrons. The van der Waals surface area contributed by atoms with Crippen LogP contribution in [0.4, 0.5) is 4.79 Å². The number of nitrogens with one attached hydrogen (secondary N) is 1. The van der Waals surface area contributed by atoms with Crippen molar-refractivity contribution in [3.8, 4) is 0 Å². The van der Waals surface area contributed by atoms with E-state index < -0.39 is 48.4 Å². The Hall–Kier alpha value is -3.23. The second kappa shape index (κ2) is 8.43. The summed E-state index contributed by atoms with van der Waals surface area (Å²) in [6, 6.07) is 6.62. The van der Waals surface area contributed by atoms with Crippen molar-refractivity contribution in [2.75, 3.05) is 13.7 Å². The molecule has 1 heterocycles. The molecule has 1 aliphatic heterocycles. The Morgan fingerprint density at radius 3 is 2.22 bits per heavy atom. The Labute approximate surface area is 156 Å². The van der Waals surface area contributed by atoms with Crippen molar-refractivity contribution in [2.45, 2.75) is 32.4 Å². The van der Waals surface area contributed by atoms with E-state index in [1.54, 1.807) is 38.1 Å². The third kappa shape index (κ3) is 4.49. The monoisotopic (exact) mass is 375 g/mol. The van der Waals surface area contributed by atoms with E-state index in [1.807, 2.05) is 6.07 Å². The molecule has 27 heavy (non-hydrogen) atoms.